The Labute approximate surface area is 184 Å². The second-order valence-corrected chi connectivity index (χ2v) is 8.68. The zero-order valence-corrected chi connectivity index (χ0v) is 19.1. The first-order valence-electron chi connectivity index (χ1n) is 9.04. The molecule has 1 atom stereocenters. The van der Waals surface area contributed by atoms with Gasteiger partial charge in [-0.25, -0.2) is 0 Å². The number of likely N-dealkylation sites (N-methyl/N-ethyl adjacent to an activating group) is 1. The van der Waals surface area contributed by atoms with E-state index in [-0.39, 0.29) is 11.8 Å². The van der Waals surface area contributed by atoms with Crippen LogP contribution in [-0.2, 0) is 21.9 Å². The lowest BCUT2D eigenvalue weighted by Gasteiger charge is -2.28. The van der Waals surface area contributed by atoms with Crippen LogP contribution < -0.4 is 5.32 Å². The molecule has 0 fully saturated rings. The zero-order valence-electron chi connectivity index (χ0n) is 16.0. The van der Waals surface area contributed by atoms with Gasteiger partial charge in [0.15, 0.2) is 0 Å². The Hall–Kier alpha value is -1.50. The number of carbonyl (C=O) groups excluding carboxylic acids is 2. The van der Waals surface area contributed by atoms with Crippen LogP contribution in [0.15, 0.2) is 53.0 Å². The fourth-order valence-electron chi connectivity index (χ4n) is 2.61. The van der Waals surface area contributed by atoms with Crippen molar-refractivity contribution in [2.75, 3.05) is 12.3 Å². The summed E-state index contributed by atoms with van der Waals surface area (Å²) in [5, 5.41) is 3.44. The van der Waals surface area contributed by atoms with Crippen molar-refractivity contribution in [2.45, 2.75) is 32.2 Å². The highest BCUT2D eigenvalue weighted by Gasteiger charge is 2.25. The first-order valence-corrected chi connectivity index (χ1v) is 11.4. The summed E-state index contributed by atoms with van der Waals surface area (Å²) in [5.74, 6) is 0.843. The van der Waals surface area contributed by atoms with Crippen molar-refractivity contribution in [1.82, 2.24) is 10.2 Å². The number of hydrogen-bond donors (Lipinski definition) is 1. The molecule has 0 aliphatic carbocycles. The van der Waals surface area contributed by atoms with Crippen LogP contribution in [0, 0.1) is 0 Å². The molecule has 0 unspecified atom stereocenters. The summed E-state index contributed by atoms with van der Waals surface area (Å²) in [7, 11) is 0. The molecule has 0 aromatic heterocycles. The molecule has 0 aliphatic heterocycles. The van der Waals surface area contributed by atoms with Gasteiger partial charge in [-0.1, -0.05) is 51.8 Å². The third kappa shape index (κ3) is 7.15. The smallest absolute Gasteiger partial charge is 0.242 e. The molecule has 2 aromatic carbocycles. The molecular formula is C21H24BrClN2O2S. The average Bonchev–Trinajstić information content (AvgIpc) is 2.68. The largest absolute Gasteiger partial charge is 0.355 e. The number of amides is 2. The molecule has 2 amide bonds. The molecule has 0 aliphatic rings. The number of rotatable bonds is 9. The van der Waals surface area contributed by atoms with E-state index in [1.807, 2.05) is 43.3 Å². The van der Waals surface area contributed by atoms with Gasteiger partial charge < -0.3 is 10.2 Å². The normalized spacial score (nSPS) is 11.7. The van der Waals surface area contributed by atoms with E-state index in [0.717, 1.165) is 21.4 Å². The predicted molar refractivity (Wildman–Crippen MR) is 120 cm³/mol. The molecule has 0 saturated carbocycles. The van der Waals surface area contributed by atoms with Gasteiger partial charge in [0.25, 0.3) is 0 Å². The van der Waals surface area contributed by atoms with Crippen LogP contribution in [0.25, 0.3) is 0 Å². The summed E-state index contributed by atoms with van der Waals surface area (Å²) in [6, 6.07) is 14.8. The third-order valence-electron chi connectivity index (χ3n) is 4.19. The SMILES string of the molecule is CCNC(=O)[C@H](C)N(Cc1ccc(Cl)cc1)C(=O)CSCc1ccc(Br)cc1. The van der Waals surface area contributed by atoms with Gasteiger partial charge in [0.1, 0.15) is 6.04 Å². The van der Waals surface area contributed by atoms with E-state index < -0.39 is 6.04 Å². The summed E-state index contributed by atoms with van der Waals surface area (Å²) in [4.78, 5) is 26.9. The maximum absolute atomic E-state index is 12.9. The van der Waals surface area contributed by atoms with E-state index in [0.29, 0.717) is 23.9 Å². The van der Waals surface area contributed by atoms with Gasteiger partial charge in [0, 0.05) is 28.3 Å². The van der Waals surface area contributed by atoms with E-state index in [9.17, 15) is 9.59 Å². The molecule has 2 rings (SSSR count). The molecule has 150 valence electrons. The maximum Gasteiger partial charge on any atom is 0.242 e. The van der Waals surface area contributed by atoms with Gasteiger partial charge in [0.05, 0.1) is 5.75 Å². The van der Waals surface area contributed by atoms with Crippen molar-refractivity contribution in [3.8, 4) is 0 Å². The molecule has 1 N–H and O–H groups in total. The molecule has 0 heterocycles. The minimum Gasteiger partial charge on any atom is -0.355 e. The highest BCUT2D eigenvalue weighted by molar-refractivity contribution is 9.10. The van der Waals surface area contributed by atoms with Crippen LogP contribution in [0.3, 0.4) is 0 Å². The summed E-state index contributed by atoms with van der Waals surface area (Å²) < 4.78 is 1.03. The van der Waals surface area contributed by atoms with Gasteiger partial charge in [-0.3, -0.25) is 9.59 Å². The minimum absolute atomic E-state index is 0.0594. The Bertz CT molecular complexity index is 784. The van der Waals surface area contributed by atoms with Crippen molar-refractivity contribution >= 4 is 51.1 Å². The molecular weight excluding hydrogens is 460 g/mol. The molecule has 2 aromatic rings. The second-order valence-electron chi connectivity index (χ2n) is 6.34. The number of carbonyl (C=O) groups is 2. The predicted octanol–water partition coefficient (Wildman–Crippen LogP) is 4.89. The lowest BCUT2D eigenvalue weighted by molar-refractivity contribution is -0.138. The van der Waals surface area contributed by atoms with Crippen molar-refractivity contribution in [3.05, 3.63) is 69.2 Å². The van der Waals surface area contributed by atoms with E-state index in [1.54, 1.807) is 35.7 Å². The number of hydrogen-bond acceptors (Lipinski definition) is 3. The number of benzene rings is 2. The van der Waals surface area contributed by atoms with E-state index in [2.05, 4.69) is 21.2 Å². The topological polar surface area (TPSA) is 49.4 Å². The van der Waals surface area contributed by atoms with Crippen molar-refractivity contribution < 1.29 is 9.59 Å². The van der Waals surface area contributed by atoms with Crippen LogP contribution in [0.1, 0.15) is 25.0 Å². The highest BCUT2D eigenvalue weighted by Crippen LogP contribution is 2.18. The highest BCUT2D eigenvalue weighted by atomic mass is 79.9. The quantitative estimate of drug-likeness (QED) is 0.552. The van der Waals surface area contributed by atoms with Crippen molar-refractivity contribution in [3.63, 3.8) is 0 Å². The molecule has 28 heavy (non-hydrogen) atoms. The molecule has 0 bridgehead atoms. The van der Waals surface area contributed by atoms with Crippen molar-refractivity contribution in [1.29, 1.82) is 0 Å². The Morgan fingerprint density at radius 2 is 1.71 bits per heavy atom. The van der Waals surface area contributed by atoms with Gasteiger partial charge in [-0.2, -0.15) is 0 Å². The van der Waals surface area contributed by atoms with E-state index in [1.165, 1.54) is 0 Å². The molecule has 0 radical (unpaired) electrons. The van der Waals surface area contributed by atoms with Crippen molar-refractivity contribution in [2.24, 2.45) is 0 Å². The van der Waals surface area contributed by atoms with Gasteiger partial charge in [0.2, 0.25) is 11.8 Å². The summed E-state index contributed by atoms with van der Waals surface area (Å²) >= 11 is 10.9. The first-order chi connectivity index (χ1) is 13.4. The maximum atomic E-state index is 12.9. The molecule has 4 nitrogen and oxygen atoms in total. The number of halogens is 2. The standard InChI is InChI=1S/C21H24BrClN2O2S/c1-3-24-21(27)15(2)25(12-16-6-10-19(23)11-7-16)20(26)14-28-13-17-4-8-18(22)9-5-17/h4-11,15H,3,12-14H2,1-2H3,(H,24,27)/t15-/m0/s1. The zero-order chi connectivity index (χ0) is 20.5. The lowest BCUT2D eigenvalue weighted by atomic mass is 10.1. The fraction of sp³-hybridized carbons (Fsp3) is 0.333. The molecule has 0 spiro atoms. The average molecular weight is 484 g/mol. The monoisotopic (exact) mass is 482 g/mol. The summed E-state index contributed by atoms with van der Waals surface area (Å²) in [6.45, 7) is 4.53. The Kier molecular flexibility index (Phi) is 9.35. The van der Waals surface area contributed by atoms with Crippen LogP contribution in [-0.4, -0.2) is 35.1 Å². The molecule has 7 heteroatoms. The van der Waals surface area contributed by atoms with E-state index in [4.69, 9.17) is 11.6 Å². The summed E-state index contributed by atoms with van der Waals surface area (Å²) in [6.07, 6.45) is 0. The Morgan fingerprint density at radius 1 is 1.11 bits per heavy atom. The van der Waals surface area contributed by atoms with Crippen LogP contribution in [0.5, 0.6) is 0 Å². The van der Waals surface area contributed by atoms with Crippen LogP contribution >= 0.6 is 39.3 Å². The third-order valence-corrected chi connectivity index (χ3v) is 5.96. The number of nitrogens with one attached hydrogen (secondary N) is 1. The fourth-order valence-corrected chi connectivity index (χ4v) is 3.87. The Morgan fingerprint density at radius 3 is 2.32 bits per heavy atom. The summed E-state index contributed by atoms with van der Waals surface area (Å²) in [5.41, 5.74) is 2.09. The Balaban J connectivity index is 2.03. The van der Waals surface area contributed by atoms with Gasteiger partial charge >= 0.3 is 0 Å². The second kappa shape index (κ2) is 11.5. The number of thioether (sulfide) groups is 1. The minimum atomic E-state index is -0.545. The number of nitrogens with zero attached hydrogens (tertiary/aromatic N) is 1. The molecule has 0 saturated heterocycles. The first kappa shape index (κ1) is 22.8. The van der Waals surface area contributed by atoms with Gasteiger partial charge in [-0.05, 0) is 49.2 Å². The van der Waals surface area contributed by atoms with E-state index >= 15 is 0 Å². The van der Waals surface area contributed by atoms with Gasteiger partial charge in [-0.15, -0.1) is 11.8 Å². The van der Waals surface area contributed by atoms with Crippen LogP contribution in [0.4, 0.5) is 0 Å². The van der Waals surface area contributed by atoms with Crippen LogP contribution in [0.2, 0.25) is 5.02 Å². The lowest BCUT2D eigenvalue weighted by Crippen LogP contribution is -2.48.